The fourth-order valence-corrected chi connectivity index (χ4v) is 3.99. The van der Waals surface area contributed by atoms with Crippen molar-refractivity contribution in [1.82, 2.24) is 4.90 Å². The molecule has 0 aliphatic rings. The van der Waals surface area contributed by atoms with E-state index in [1.165, 1.54) is 4.35 Å². The Kier molecular flexibility index (Phi) is 3.56. The van der Waals surface area contributed by atoms with Crippen molar-refractivity contribution in [3.8, 4) is 0 Å². The Labute approximate surface area is 83.8 Å². The number of hydrogen-bond donors (Lipinski definition) is 0. The minimum atomic E-state index is -1.51. The summed E-state index contributed by atoms with van der Waals surface area (Å²) in [7, 11) is 3.62. The Morgan fingerprint density at radius 1 is 1.38 bits per heavy atom. The molecule has 3 heteroatoms. The predicted molar refractivity (Wildman–Crippen MR) is 55.6 cm³/mol. The molecule has 0 heterocycles. The van der Waals surface area contributed by atoms with Gasteiger partial charge in [0, 0.05) is 0 Å². The third-order valence-corrected chi connectivity index (χ3v) is 6.05. The molecule has 1 aromatic carbocycles. The van der Waals surface area contributed by atoms with Gasteiger partial charge in [0.25, 0.3) is 0 Å². The van der Waals surface area contributed by atoms with Crippen molar-refractivity contribution in [2.45, 2.75) is 5.71 Å². The zero-order valence-electron chi connectivity index (χ0n) is 8.11. The molecule has 13 heavy (non-hydrogen) atoms. The molecule has 1 atom stereocenters. The first-order chi connectivity index (χ1) is 6.13. The third kappa shape index (κ3) is 2.60. The van der Waals surface area contributed by atoms with E-state index >= 15 is 0 Å². The molecule has 0 saturated heterocycles. The molecule has 0 bridgehead atoms. The van der Waals surface area contributed by atoms with Gasteiger partial charge in [-0.2, -0.15) is 0 Å². The van der Waals surface area contributed by atoms with E-state index < -0.39 is 14.7 Å². The first kappa shape index (κ1) is 10.3. The van der Waals surface area contributed by atoms with E-state index in [0.29, 0.717) is 0 Å². The predicted octanol–water partition coefficient (Wildman–Crippen LogP) is 1.08. The summed E-state index contributed by atoms with van der Waals surface area (Å²) < 4.78 is 1.46. The molecule has 0 spiro atoms. The van der Waals surface area contributed by atoms with Crippen molar-refractivity contribution in [3.63, 3.8) is 0 Å². The zero-order chi connectivity index (χ0) is 9.84. The van der Waals surface area contributed by atoms with Gasteiger partial charge >= 0.3 is 83.5 Å². The first-order valence-corrected chi connectivity index (χ1v) is 7.79. The summed E-state index contributed by atoms with van der Waals surface area (Å²) in [5.41, 5.74) is 2.06. The number of carbonyl (C=O) groups excluding carboxylic acids is 1. The van der Waals surface area contributed by atoms with Gasteiger partial charge in [-0.15, -0.1) is 0 Å². The van der Waals surface area contributed by atoms with Crippen LogP contribution in [0, 0.1) is 6.07 Å². The van der Waals surface area contributed by atoms with Crippen LogP contribution in [0.5, 0.6) is 0 Å². The molecule has 0 aliphatic heterocycles. The molecular formula is C10H13AsNO. The molecule has 0 aromatic heterocycles. The van der Waals surface area contributed by atoms with Crippen LogP contribution < -0.4 is 4.35 Å². The van der Waals surface area contributed by atoms with E-state index in [2.05, 4.69) is 11.8 Å². The van der Waals surface area contributed by atoms with E-state index in [1.54, 1.807) is 4.90 Å². The number of benzene rings is 1. The van der Waals surface area contributed by atoms with Gasteiger partial charge in [-0.1, -0.05) is 0 Å². The molecule has 1 aromatic rings. The van der Waals surface area contributed by atoms with Crippen LogP contribution >= 0.6 is 0 Å². The van der Waals surface area contributed by atoms with Crippen LogP contribution in [0.2, 0.25) is 5.71 Å². The molecule has 1 rings (SSSR count). The van der Waals surface area contributed by atoms with E-state index in [4.69, 9.17) is 0 Å². The Morgan fingerprint density at radius 2 is 1.92 bits per heavy atom. The van der Waals surface area contributed by atoms with Gasteiger partial charge < -0.3 is 0 Å². The van der Waals surface area contributed by atoms with Crippen LogP contribution in [0.3, 0.4) is 0 Å². The number of nitrogens with zero attached hydrogens (tertiary/aromatic N) is 1. The summed E-state index contributed by atoms with van der Waals surface area (Å²) in [5.74, 6) is 0. The van der Waals surface area contributed by atoms with E-state index in [1.807, 2.05) is 38.4 Å². The van der Waals surface area contributed by atoms with Gasteiger partial charge in [0.15, 0.2) is 0 Å². The van der Waals surface area contributed by atoms with Crippen molar-refractivity contribution in [1.29, 1.82) is 0 Å². The molecule has 69 valence electrons. The number of amides is 1. The zero-order valence-corrected chi connectivity index (χ0v) is 9.99. The monoisotopic (exact) mass is 238 g/mol. The van der Waals surface area contributed by atoms with Crippen LogP contribution in [0.25, 0.3) is 0 Å². The molecule has 0 saturated carbocycles. The molecule has 0 aliphatic carbocycles. The van der Waals surface area contributed by atoms with Gasteiger partial charge in [-0.25, -0.2) is 0 Å². The van der Waals surface area contributed by atoms with E-state index in [9.17, 15) is 4.79 Å². The number of rotatable bonds is 2. The quantitative estimate of drug-likeness (QED) is 0.706. The third-order valence-electron chi connectivity index (χ3n) is 1.76. The second-order valence-electron chi connectivity index (χ2n) is 2.99. The summed E-state index contributed by atoms with van der Waals surface area (Å²) in [6.07, 6.45) is 0. The fourth-order valence-electron chi connectivity index (χ4n) is 1.01. The summed E-state index contributed by atoms with van der Waals surface area (Å²) in [6, 6.07) is 10.7. The van der Waals surface area contributed by atoms with Crippen molar-refractivity contribution in [3.05, 3.63) is 30.3 Å². The Hall–Kier alpha value is -0.752. The van der Waals surface area contributed by atoms with Crippen molar-refractivity contribution in [2.24, 2.45) is 0 Å². The van der Waals surface area contributed by atoms with Gasteiger partial charge in [0.05, 0.1) is 0 Å². The van der Waals surface area contributed by atoms with Crippen molar-refractivity contribution >= 4 is 23.7 Å². The van der Waals surface area contributed by atoms with Crippen LogP contribution in [0.1, 0.15) is 0 Å². The maximum absolute atomic E-state index is 11.6. The van der Waals surface area contributed by atoms with E-state index in [0.717, 1.165) is 0 Å². The van der Waals surface area contributed by atoms with Gasteiger partial charge in [-0.3, -0.25) is 0 Å². The second-order valence-corrected chi connectivity index (χ2v) is 7.23. The van der Waals surface area contributed by atoms with Crippen LogP contribution in [-0.2, 0) is 0 Å². The van der Waals surface area contributed by atoms with Crippen LogP contribution in [0.15, 0.2) is 24.3 Å². The number of hydrogen-bond acceptors (Lipinski definition) is 1. The molecule has 1 radical (unpaired) electrons. The molecular weight excluding hydrogens is 225 g/mol. The summed E-state index contributed by atoms with van der Waals surface area (Å²) in [4.78, 5) is 13.3. The SMILES string of the molecule is CN(C)C(=O)[As](C)c1cc[c]cc1. The summed E-state index contributed by atoms with van der Waals surface area (Å²) >= 11 is -1.51. The normalized spacial score (nSPS) is 12.2. The van der Waals surface area contributed by atoms with Crippen molar-refractivity contribution in [2.75, 3.05) is 14.1 Å². The minimum absolute atomic E-state index is 0.277. The molecule has 2 nitrogen and oxygen atoms in total. The van der Waals surface area contributed by atoms with Gasteiger partial charge in [0.1, 0.15) is 0 Å². The van der Waals surface area contributed by atoms with Crippen LogP contribution in [-0.4, -0.2) is 38.3 Å². The summed E-state index contributed by atoms with van der Waals surface area (Å²) in [6.45, 7) is 0. The fraction of sp³-hybridized carbons (Fsp3) is 0.300. The molecule has 0 fully saturated rings. The standard InChI is InChI=1S/C10H13AsNO/c1-11(10(13)12(2)3)9-7-5-4-6-8-9/h5-8H,1-3H3. The first-order valence-electron chi connectivity index (χ1n) is 4.04. The Balaban J connectivity index is 2.80. The Morgan fingerprint density at radius 3 is 2.38 bits per heavy atom. The molecule has 0 N–H and O–H groups in total. The Bertz CT molecular complexity index is 284. The van der Waals surface area contributed by atoms with Crippen LogP contribution in [0.4, 0.5) is 4.79 Å². The van der Waals surface area contributed by atoms with Gasteiger partial charge in [0.2, 0.25) is 0 Å². The topological polar surface area (TPSA) is 20.3 Å². The van der Waals surface area contributed by atoms with E-state index in [-0.39, 0.29) is 4.69 Å². The molecule has 1 unspecified atom stereocenters. The number of carbonyl (C=O) groups is 1. The summed E-state index contributed by atoms with van der Waals surface area (Å²) in [5, 5.41) is 0. The maximum atomic E-state index is 11.6. The van der Waals surface area contributed by atoms with Gasteiger partial charge in [-0.05, 0) is 0 Å². The average molecular weight is 238 g/mol. The molecule has 1 amide bonds. The average Bonchev–Trinajstić information content (AvgIpc) is 2.17. The van der Waals surface area contributed by atoms with Crippen molar-refractivity contribution < 1.29 is 4.79 Å². The second kappa shape index (κ2) is 4.47.